The predicted octanol–water partition coefficient (Wildman–Crippen LogP) is 3.21. The van der Waals surface area contributed by atoms with Crippen molar-refractivity contribution in [3.8, 4) is 0 Å². The van der Waals surface area contributed by atoms with E-state index in [1.165, 1.54) is 15.5 Å². The SMILES string of the molecule is CC(C)c1cc(C(C)C)c2c(c1)C(C)N(N)S2=O. The third-order valence-electron chi connectivity index (χ3n) is 3.66. The fourth-order valence-electron chi connectivity index (χ4n) is 2.36. The zero-order valence-electron chi connectivity index (χ0n) is 11.7. The maximum absolute atomic E-state index is 12.3. The Bertz CT molecular complexity index is 497. The molecule has 3 nitrogen and oxygen atoms in total. The van der Waals surface area contributed by atoms with Crippen LogP contribution < -0.4 is 5.84 Å². The highest BCUT2D eigenvalue weighted by Crippen LogP contribution is 2.40. The number of fused-ring (bicyclic) bond motifs is 1. The Labute approximate surface area is 112 Å². The van der Waals surface area contributed by atoms with Gasteiger partial charge in [0.15, 0.2) is 0 Å². The molecule has 2 unspecified atom stereocenters. The Morgan fingerprint density at radius 1 is 1.22 bits per heavy atom. The van der Waals surface area contributed by atoms with Crippen LogP contribution in [0.25, 0.3) is 0 Å². The summed E-state index contributed by atoms with van der Waals surface area (Å²) in [6.07, 6.45) is 0. The van der Waals surface area contributed by atoms with Gasteiger partial charge in [-0.1, -0.05) is 39.8 Å². The van der Waals surface area contributed by atoms with Gasteiger partial charge in [0.2, 0.25) is 0 Å². The average molecular weight is 266 g/mol. The van der Waals surface area contributed by atoms with Crippen molar-refractivity contribution < 1.29 is 4.21 Å². The van der Waals surface area contributed by atoms with E-state index in [4.69, 9.17) is 5.84 Å². The first-order valence-corrected chi connectivity index (χ1v) is 7.58. The van der Waals surface area contributed by atoms with E-state index in [9.17, 15) is 4.21 Å². The summed E-state index contributed by atoms with van der Waals surface area (Å²) in [6, 6.07) is 4.39. The van der Waals surface area contributed by atoms with Gasteiger partial charge in [-0.2, -0.15) is 4.41 Å². The molecule has 1 aromatic carbocycles. The van der Waals surface area contributed by atoms with Gasteiger partial charge in [-0.3, -0.25) is 5.84 Å². The van der Waals surface area contributed by atoms with Crippen molar-refractivity contribution >= 4 is 11.0 Å². The van der Waals surface area contributed by atoms with Crippen LogP contribution in [0.5, 0.6) is 0 Å². The molecule has 0 fully saturated rings. The van der Waals surface area contributed by atoms with Crippen LogP contribution in [0, 0.1) is 0 Å². The molecule has 18 heavy (non-hydrogen) atoms. The largest absolute Gasteiger partial charge is 0.256 e. The molecular weight excluding hydrogens is 244 g/mol. The summed E-state index contributed by atoms with van der Waals surface area (Å²) in [5, 5.41) is 0. The monoisotopic (exact) mass is 266 g/mol. The van der Waals surface area contributed by atoms with Gasteiger partial charge < -0.3 is 0 Å². The van der Waals surface area contributed by atoms with Gasteiger partial charge in [0.05, 0.1) is 10.9 Å². The molecule has 0 saturated carbocycles. The molecule has 4 heteroatoms. The first-order valence-electron chi connectivity index (χ1n) is 6.48. The Kier molecular flexibility index (Phi) is 3.63. The summed E-state index contributed by atoms with van der Waals surface area (Å²) in [5.41, 5.74) is 3.61. The third-order valence-corrected chi connectivity index (χ3v) is 5.18. The van der Waals surface area contributed by atoms with Crippen LogP contribution in [0.2, 0.25) is 0 Å². The molecule has 0 radical (unpaired) electrons. The number of hydrazine groups is 1. The number of nitrogens with two attached hydrogens (primary N) is 1. The van der Waals surface area contributed by atoms with E-state index in [0.717, 1.165) is 10.5 Å². The lowest BCUT2D eigenvalue weighted by molar-refractivity contribution is 0.395. The molecule has 2 rings (SSSR count). The standard InChI is InChI=1S/C14H22N2OS/c1-8(2)11-6-12(9(3)4)14-13(7-11)10(5)16(15)18(14)17/h6-10H,15H2,1-5H3. The zero-order valence-corrected chi connectivity index (χ0v) is 12.5. The summed E-state index contributed by atoms with van der Waals surface area (Å²) < 4.78 is 13.8. The summed E-state index contributed by atoms with van der Waals surface area (Å²) in [4.78, 5) is 0.935. The second-order valence-electron chi connectivity index (χ2n) is 5.62. The topological polar surface area (TPSA) is 46.3 Å². The molecule has 2 atom stereocenters. The fourth-order valence-corrected chi connectivity index (χ4v) is 3.90. The van der Waals surface area contributed by atoms with Crippen LogP contribution in [0.15, 0.2) is 17.0 Å². The van der Waals surface area contributed by atoms with Crippen molar-refractivity contribution in [1.82, 2.24) is 4.41 Å². The van der Waals surface area contributed by atoms with Crippen LogP contribution in [0.4, 0.5) is 0 Å². The molecule has 100 valence electrons. The predicted molar refractivity (Wildman–Crippen MR) is 75.5 cm³/mol. The summed E-state index contributed by atoms with van der Waals surface area (Å²) in [6.45, 7) is 10.7. The minimum atomic E-state index is -1.22. The van der Waals surface area contributed by atoms with Crippen LogP contribution >= 0.6 is 0 Å². The summed E-state index contributed by atoms with van der Waals surface area (Å²) in [5.74, 6) is 6.73. The van der Waals surface area contributed by atoms with Gasteiger partial charge in [0.25, 0.3) is 0 Å². The minimum absolute atomic E-state index is 0.0250. The number of hydrogen-bond acceptors (Lipinski definition) is 2. The number of hydrogen-bond donors (Lipinski definition) is 1. The fraction of sp³-hybridized carbons (Fsp3) is 0.571. The lowest BCUT2D eigenvalue weighted by Crippen LogP contribution is -2.29. The van der Waals surface area contributed by atoms with Crippen molar-refractivity contribution in [2.45, 2.75) is 57.4 Å². The van der Waals surface area contributed by atoms with Crippen molar-refractivity contribution in [2.75, 3.05) is 0 Å². The summed E-state index contributed by atoms with van der Waals surface area (Å²) >= 11 is 0. The van der Waals surface area contributed by atoms with Gasteiger partial charge in [-0.05, 0) is 35.4 Å². The quantitative estimate of drug-likeness (QED) is 0.836. The lowest BCUT2D eigenvalue weighted by Gasteiger charge is -2.16. The van der Waals surface area contributed by atoms with Crippen molar-refractivity contribution in [1.29, 1.82) is 0 Å². The Balaban J connectivity index is 2.69. The van der Waals surface area contributed by atoms with Gasteiger partial charge in [0, 0.05) is 0 Å². The second kappa shape index (κ2) is 4.76. The highest BCUT2D eigenvalue weighted by molar-refractivity contribution is 7.83. The Morgan fingerprint density at radius 2 is 1.83 bits per heavy atom. The first-order chi connectivity index (χ1) is 8.34. The molecule has 1 heterocycles. The van der Waals surface area contributed by atoms with Crippen molar-refractivity contribution in [3.63, 3.8) is 0 Å². The molecular formula is C14H22N2OS. The number of rotatable bonds is 2. The molecule has 1 aromatic rings. The molecule has 0 saturated heterocycles. The molecule has 0 bridgehead atoms. The van der Waals surface area contributed by atoms with E-state index in [2.05, 4.69) is 39.8 Å². The van der Waals surface area contributed by atoms with Crippen LogP contribution in [-0.4, -0.2) is 8.62 Å². The van der Waals surface area contributed by atoms with Crippen LogP contribution in [-0.2, 0) is 11.0 Å². The summed E-state index contributed by atoms with van der Waals surface area (Å²) in [7, 11) is -1.22. The molecule has 0 aromatic heterocycles. The van der Waals surface area contributed by atoms with E-state index in [-0.39, 0.29) is 6.04 Å². The first kappa shape index (κ1) is 13.7. The normalized spacial score (nSPS) is 24.0. The van der Waals surface area contributed by atoms with Gasteiger partial charge in [-0.15, -0.1) is 0 Å². The third kappa shape index (κ3) is 2.02. The van der Waals surface area contributed by atoms with E-state index in [0.29, 0.717) is 11.8 Å². The van der Waals surface area contributed by atoms with E-state index in [1.807, 2.05) is 6.92 Å². The van der Waals surface area contributed by atoms with Gasteiger partial charge >= 0.3 is 0 Å². The van der Waals surface area contributed by atoms with E-state index < -0.39 is 11.0 Å². The smallest absolute Gasteiger partial charge is 0.142 e. The minimum Gasteiger partial charge on any atom is -0.256 e. The maximum atomic E-state index is 12.3. The molecule has 1 aliphatic rings. The second-order valence-corrected chi connectivity index (χ2v) is 6.95. The molecule has 0 amide bonds. The molecule has 0 aliphatic carbocycles. The van der Waals surface area contributed by atoms with Gasteiger partial charge in [0.1, 0.15) is 11.0 Å². The van der Waals surface area contributed by atoms with Crippen LogP contribution in [0.3, 0.4) is 0 Å². The molecule has 2 N–H and O–H groups in total. The van der Waals surface area contributed by atoms with Gasteiger partial charge in [-0.25, -0.2) is 4.21 Å². The Hall–Kier alpha value is -0.710. The number of nitrogens with zero attached hydrogens (tertiary/aromatic N) is 1. The number of benzene rings is 1. The Morgan fingerprint density at radius 3 is 2.33 bits per heavy atom. The highest BCUT2D eigenvalue weighted by atomic mass is 32.2. The average Bonchev–Trinajstić information content (AvgIpc) is 2.53. The van der Waals surface area contributed by atoms with Crippen molar-refractivity contribution in [3.05, 3.63) is 28.8 Å². The molecule has 1 aliphatic heterocycles. The van der Waals surface area contributed by atoms with E-state index in [1.54, 1.807) is 0 Å². The van der Waals surface area contributed by atoms with Crippen LogP contribution in [0.1, 0.15) is 69.2 Å². The molecule has 0 spiro atoms. The van der Waals surface area contributed by atoms with Crippen molar-refractivity contribution in [2.24, 2.45) is 5.84 Å². The van der Waals surface area contributed by atoms with E-state index >= 15 is 0 Å². The maximum Gasteiger partial charge on any atom is 0.142 e. The zero-order chi connectivity index (χ0) is 13.6. The highest BCUT2D eigenvalue weighted by Gasteiger charge is 2.34. The lowest BCUT2D eigenvalue weighted by atomic mass is 9.91.